The summed E-state index contributed by atoms with van der Waals surface area (Å²) in [5.41, 5.74) is 0. The van der Waals surface area contributed by atoms with E-state index in [0.29, 0.717) is 25.7 Å². The standard InChI is InChI=1S/C64H124N2O13/c1-5-9-13-17-21-25-29-33-37-41-47-76-61(71)57(67)53-65(54-58(68)62(72)77-48-42-38-34-30-26-22-18-14-10-6-2)45-51-75-52-46-66(55-59(69)63(73)78-49-43-39-35-31-27-23-19-15-11-7-3)56-60(70)64(74)79-50-44-40-36-32-28-24-20-16-12-8-4/h57-60,67-70H,5-56H2,1-4H3. The molecule has 0 aromatic rings. The summed E-state index contributed by atoms with van der Waals surface area (Å²) in [4.78, 5) is 54.8. The third kappa shape index (κ3) is 51.0. The fourth-order valence-corrected chi connectivity index (χ4v) is 9.71. The van der Waals surface area contributed by atoms with Gasteiger partial charge in [-0.25, -0.2) is 19.2 Å². The highest BCUT2D eigenvalue weighted by Gasteiger charge is 2.27. The van der Waals surface area contributed by atoms with Crippen LogP contribution in [0.2, 0.25) is 0 Å². The second-order valence-corrected chi connectivity index (χ2v) is 22.6. The minimum atomic E-state index is -1.54. The molecule has 15 nitrogen and oxygen atoms in total. The molecular formula is C64H124N2O13. The van der Waals surface area contributed by atoms with Crippen molar-refractivity contribution in [2.45, 2.75) is 309 Å². The average Bonchev–Trinajstić information content (AvgIpc) is 3.43. The first kappa shape index (κ1) is 76.6. The van der Waals surface area contributed by atoms with Gasteiger partial charge in [-0.2, -0.15) is 0 Å². The van der Waals surface area contributed by atoms with E-state index in [0.717, 1.165) is 77.0 Å². The van der Waals surface area contributed by atoms with Crippen molar-refractivity contribution in [3.63, 3.8) is 0 Å². The highest BCUT2D eigenvalue weighted by molar-refractivity contribution is 5.76. The summed E-state index contributed by atoms with van der Waals surface area (Å²) < 4.78 is 27.6. The Balaban J connectivity index is 5.45. The molecule has 0 fully saturated rings. The summed E-state index contributed by atoms with van der Waals surface area (Å²) in [6.07, 6.45) is 39.3. The highest BCUT2D eigenvalue weighted by Crippen LogP contribution is 2.15. The molecule has 0 aliphatic rings. The molecule has 0 saturated heterocycles. The van der Waals surface area contributed by atoms with Gasteiger partial charge in [0.15, 0.2) is 24.4 Å². The number of ether oxygens (including phenoxy) is 5. The van der Waals surface area contributed by atoms with Gasteiger partial charge in [0.1, 0.15) is 0 Å². The van der Waals surface area contributed by atoms with Gasteiger partial charge >= 0.3 is 23.9 Å². The first-order chi connectivity index (χ1) is 38.5. The summed E-state index contributed by atoms with van der Waals surface area (Å²) in [5.74, 6) is -3.12. The maximum absolute atomic E-state index is 12.9. The zero-order valence-corrected chi connectivity index (χ0v) is 51.4. The number of aliphatic hydroxyl groups is 4. The van der Waals surface area contributed by atoms with Crippen LogP contribution in [0.1, 0.15) is 285 Å². The minimum absolute atomic E-state index is 0.0431. The molecule has 0 radical (unpaired) electrons. The Kier molecular flexibility index (Phi) is 57.0. The number of aliphatic hydroxyl groups excluding tert-OH is 4. The summed E-state index contributed by atoms with van der Waals surface area (Å²) in [6, 6.07) is 0. The third-order valence-electron chi connectivity index (χ3n) is 14.9. The lowest BCUT2D eigenvalue weighted by atomic mass is 10.1. The topological polar surface area (TPSA) is 202 Å². The molecule has 4 unspecified atom stereocenters. The molecule has 15 heteroatoms. The van der Waals surface area contributed by atoms with E-state index < -0.39 is 48.3 Å². The second-order valence-electron chi connectivity index (χ2n) is 22.6. The predicted molar refractivity (Wildman–Crippen MR) is 319 cm³/mol. The second kappa shape index (κ2) is 58.8. The van der Waals surface area contributed by atoms with E-state index in [1.165, 1.54) is 154 Å². The average molecular weight is 1130 g/mol. The number of carbonyl (C=O) groups excluding carboxylic acids is 4. The molecular weight excluding hydrogens is 1000 g/mol. The Hall–Kier alpha value is -2.40. The number of rotatable bonds is 62. The molecule has 468 valence electrons. The van der Waals surface area contributed by atoms with Crippen LogP contribution in [0.15, 0.2) is 0 Å². The smallest absolute Gasteiger partial charge is 0.336 e. The molecule has 4 N–H and O–H groups in total. The zero-order valence-electron chi connectivity index (χ0n) is 51.4. The van der Waals surface area contributed by atoms with Gasteiger partial charge < -0.3 is 44.1 Å². The molecule has 0 bridgehead atoms. The van der Waals surface area contributed by atoms with Crippen LogP contribution in [0.5, 0.6) is 0 Å². The van der Waals surface area contributed by atoms with Gasteiger partial charge in [0, 0.05) is 39.3 Å². The van der Waals surface area contributed by atoms with Crippen LogP contribution in [0.3, 0.4) is 0 Å². The number of esters is 4. The van der Waals surface area contributed by atoms with Crippen LogP contribution in [-0.4, -0.2) is 157 Å². The van der Waals surface area contributed by atoms with Crippen molar-refractivity contribution in [2.75, 3.05) is 78.9 Å². The first-order valence-electron chi connectivity index (χ1n) is 32.9. The normalized spacial score (nSPS) is 13.2. The summed E-state index contributed by atoms with van der Waals surface area (Å²) in [7, 11) is 0. The Labute approximate surface area is 483 Å². The van der Waals surface area contributed by atoms with Gasteiger partial charge in [-0.15, -0.1) is 0 Å². The Morgan fingerprint density at radius 3 is 0.608 bits per heavy atom. The maximum Gasteiger partial charge on any atom is 0.336 e. The van der Waals surface area contributed by atoms with E-state index in [9.17, 15) is 39.6 Å². The molecule has 0 spiro atoms. The fourth-order valence-electron chi connectivity index (χ4n) is 9.71. The predicted octanol–water partition coefficient (Wildman–Crippen LogP) is 12.9. The monoisotopic (exact) mass is 1130 g/mol. The van der Waals surface area contributed by atoms with E-state index in [2.05, 4.69) is 27.7 Å². The third-order valence-corrected chi connectivity index (χ3v) is 14.9. The van der Waals surface area contributed by atoms with E-state index in [4.69, 9.17) is 23.7 Å². The van der Waals surface area contributed by atoms with Gasteiger partial charge in [-0.05, 0) is 25.7 Å². The molecule has 4 atom stereocenters. The SMILES string of the molecule is CCCCCCCCCCCCOC(=O)C(O)CN(CCOCCN(CC(O)C(=O)OCCCCCCCCCCCC)CC(O)C(=O)OCCCCCCCCCCCC)CC(O)C(=O)OCCCCCCCCCCCC. The van der Waals surface area contributed by atoms with Crippen molar-refractivity contribution in [3.8, 4) is 0 Å². The summed E-state index contributed by atoms with van der Waals surface area (Å²) >= 11 is 0. The Morgan fingerprint density at radius 1 is 0.266 bits per heavy atom. The van der Waals surface area contributed by atoms with Crippen molar-refractivity contribution < 1.29 is 63.3 Å². The molecule has 0 heterocycles. The molecule has 0 aliphatic carbocycles. The van der Waals surface area contributed by atoms with Gasteiger partial charge in [-0.3, -0.25) is 9.80 Å². The largest absolute Gasteiger partial charge is 0.464 e. The van der Waals surface area contributed by atoms with E-state index in [1.54, 1.807) is 9.80 Å². The number of carbonyl (C=O) groups is 4. The van der Waals surface area contributed by atoms with Crippen molar-refractivity contribution in [2.24, 2.45) is 0 Å². The van der Waals surface area contributed by atoms with Crippen LogP contribution in [0.25, 0.3) is 0 Å². The zero-order chi connectivity index (χ0) is 58.1. The van der Waals surface area contributed by atoms with E-state index >= 15 is 0 Å². The van der Waals surface area contributed by atoms with Crippen molar-refractivity contribution in [3.05, 3.63) is 0 Å². The summed E-state index contributed by atoms with van der Waals surface area (Å²) in [5, 5.41) is 43.8. The fraction of sp³-hybridized carbons (Fsp3) is 0.938. The molecule has 0 amide bonds. The van der Waals surface area contributed by atoms with Crippen LogP contribution in [0.4, 0.5) is 0 Å². The van der Waals surface area contributed by atoms with Gasteiger partial charge in [-0.1, -0.05) is 259 Å². The number of hydrogen-bond acceptors (Lipinski definition) is 15. The van der Waals surface area contributed by atoms with E-state index in [1.807, 2.05) is 0 Å². The van der Waals surface area contributed by atoms with Crippen LogP contribution < -0.4 is 0 Å². The molecule has 0 aromatic heterocycles. The maximum atomic E-state index is 12.9. The quantitative estimate of drug-likeness (QED) is 0.0254. The van der Waals surface area contributed by atoms with Crippen LogP contribution >= 0.6 is 0 Å². The summed E-state index contributed by atoms with van der Waals surface area (Å²) in [6.45, 7) is 9.02. The molecule has 0 saturated carbocycles. The van der Waals surface area contributed by atoms with Crippen LogP contribution in [0, 0.1) is 0 Å². The van der Waals surface area contributed by atoms with E-state index in [-0.39, 0.29) is 78.9 Å². The van der Waals surface area contributed by atoms with Gasteiger partial charge in [0.2, 0.25) is 0 Å². The Bertz CT molecular complexity index is 1170. The molecule has 0 aromatic carbocycles. The van der Waals surface area contributed by atoms with Crippen LogP contribution in [-0.2, 0) is 42.9 Å². The van der Waals surface area contributed by atoms with Crippen molar-refractivity contribution >= 4 is 23.9 Å². The van der Waals surface area contributed by atoms with Gasteiger partial charge in [0.05, 0.1) is 39.6 Å². The van der Waals surface area contributed by atoms with Crippen molar-refractivity contribution in [1.29, 1.82) is 0 Å². The lowest BCUT2D eigenvalue weighted by molar-refractivity contribution is -0.158. The number of unbranched alkanes of at least 4 members (excludes halogenated alkanes) is 36. The number of nitrogens with zero attached hydrogens (tertiary/aromatic N) is 2. The van der Waals surface area contributed by atoms with Crippen molar-refractivity contribution in [1.82, 2.24) is 9.80 Å². The minimum Gasteiger partial charge on any atom is -0.464 e. The lowest BCUT2D eigenvalue weighted by Crippen LogP contribution is -2.46. The first-order valence-corrected chi connectivity index (χ1v) is 32.9. The molecule has 0 rings (SSSR count). The molecule has 0 aliphatic heterocycles. The Morgan fingerprint density at radius 2 is 0.430 bits per heavy atom. The number of hydrogen-bond donors (Lipinski definition) is 4. The lowest BCUT2D eigenvalue weighted by Gasteiger charge is -2.27. The highest BCUT2D eigenvalue weighted by atomic mass is 16.6. The van der Waals surface area contributed by atoms with Gasteiger partial charge in [0.25, 0.3) is 0 Å². The molecule has 79 heavy (non-hydrogen) atoms.